The molecule has 2 aromatic carbocycles. The number of aliphatic imine (C=N–C) groups is 2. The van der Waals surface area contributed by atoms with Gasteiger partial charge in [0.25, 0.3) is 5.91 Å². The Kier molecular flexibility index (Phi) is 6.13. The average molecular weight is 523 g/mol. The molecule has 1 fully saturated rings. The summed E-state index contributed by atoms with van der Waals surface area (Å²) in [5.74, 6) is 2.47. The first-order chi connectivity index (χ1) is 18.8. The standard InChI is InChI=1S/C31H34N6O2/c1-20-10-12-26-29(36(4)31(30(38)35(26)3)15-14-22-8-6-7-9-23(22)17-31)34-28(20)33-24-11-13-25(27(16-24)39-5)37-18-21(2)32-19-37/h6-9,11-13,16,18-20H,10,14-15,17H2,1-5H3. The molecule has 200 valence electrons. The van der Waals surface area contributed by atoms with Gasteiger partial charge in [0.15, 0.2) is 5.84 Å². The number of benzene rings is 2. The van der Waals surface area contributed by atoms with E-state index in [4.69, 9.17) is 14.7 Å². The quantitative estimate of drug-likeness (QED) is 0.492. The summed E-state index contributed by atoms with van der Waals surface area (Å²) in [5.41, 5.74) is 5.37. The number of rotatable bonds is 3. The lowest BCUT2D eigenvalue weighted by molar-refractivity contribution is -0.140. The number of ether oxygens (including phenoxy) is 1. The maximum Gasteiger partial charge on any atom is 0.253 e. The molecule has 6 rings (SSSR count). The van der Waals surface area contributed by atoms with Crippen molar-refractivity contribution in [2.75, 3.05) is 21.2 Å². The summed E-state index contributed by atoms with van der Waals surface area (Å²) in [6, 6.07) is 14.4. The maximum absolute atomic E-state index is 13.9. The van der Waals surface area contributed by atoms with Crippen molar-refractivity contribution >= 4 is 23.3 Å². The van der Waals surface area contributed by atoms with Crippen molar-refractivity contribution in [2.24, 2.45) is 15.9 Å². The molecule has 8 nitrogen and oxygen atoms in total. The van der Waals surface area contributed by atoms with Crippen LogP contribution >= 0.6 is 0 Å². The smallest absolute Gasteiger partial charge is 0.253 e. The highest BCUT2D eigenvalue weighted by Gasteiger charge is 2.52. The van der Waals surface area contributed by atoms with Crippen molar-refractivity contribution < 1.29 is 9.53 Å². The minimum Gasteiger partial charge on any atom is -0.494 e. The molecule has 1 aromatic heterocycles. The zero-order chi connectivity index (χ0) is 27.3. The van der Waals surface area contributed by atoms with Crippen molar-refractivity contribution in [3.63, 3.8) is 0 Å². The lowest BCUT2D eigenvalue weighted by Gasteiger charge is -2.51. The summed E-state index contributed by atoms with van der Waals surface area (Å²) in [6.45, 7) is 4.09. The number of carbonyl (C=O) groups is 1. The monoisotopic (exact) mass is 522 g/mol. The normalized spacial score (nSPS) is 23.8. The van der Waals surface area contributed by atoms with Crippen LogP contribution < -0.4 is 4.74 Å². The summed E-state index contributed by atoms with van der Waals surface area (Å²) in [6.07, 6.45) is 8.91. The predicted molar refractivity (Wildman–Crippen MR) is 153 cm³/mol. The molecule has 0 bridgehead atoms. The van der Waals surface area contributed by atoms with Crippen molar-refractivity contribution in [3.05, 3.63) is 83.6 Å². The first kappa shape index (κ1) is 25.1. The Morgan fingerprint density at radius 3 is 2.67 bits per heavy atom. The van der Waals surface area contributed by atoms with Crippen LogP contribution in [0.15, 0.2) is 76.7 Å². The summed E-state index contributed by atoms with van der Waals surface area (Å²) in [7, 11) is 5.56. The van der Waals surface area contributed by atoms with Gasteiger partial charge in [-0.05, 0) is 49.4 Å². The number of amides is 1. The van der Waals surface area contributed by atoms with Crippen molar-refractivity contribution in [2.45, 2.75) is 45.1 Å². The first-order valence-electron chi connectivity index (χ1n) is 13.5. The van der Waals surface area contributed by atoms with E-state index < -0.39 is 5.54 Å². The molecule has 2 atom stereocenters. The van der Waals surface area contributed by atoms with Crippen LogP contribution in [0.2, 0.25) is 0 Å². The van der Waals surface area contributed by atoms with Crippen LogP contribution in [0, 0.1) is 12.8 Å². The second kappa shape index (κ2) is 9.52. The van der Waals surface area contributed by atoms with Crippen LogP contribution in [0.3, 0.4) is 0 Å². The van der Waals surface area contributed by atoms with Crippen LogP contribution in [0.1, 0.15) is 36.6 Å². The van der Waals surface area contributed by atoms with Gasteiger partial charge in [-0.15, -0.1) is 0 Å². The first-order valence-corrected chi connectivity index (χ1v) is 13.5. The fraction of sp³-hybridized carbons (Fsp3) is 0.355. The molecule has 39 heavy (non-hydrogen) atoms. The third kappa shape index (κ3) is 4.15. The largest absolute Gasteiger partial charge is 0.494 e. The second-order valence-electron chi connectivity index (χ2n) is 10.8. The van der Waals surface area contributed by atoms with Gasteiger partial charge in [0.1, 0.15) is 17.1 Å². The van der Waals surface area contributed by atoms with Crippen LogP contribution in [-0.4, -0.2) is 63.7 Å². The van der Waals surface area contributed by atoms with Crippen molar-refractivity contribution in [1.29, 1.82) is 0 Å². The molecule has 0 radical (unpaired) electrons. The highest BCUT2D eigenvalue weighted by Crippen LogP contribution is 2.40. The number of carbonyl (C=O) groups excluding carboxylic acids is 1. The highest BCUT2D eigenvalue weighted by atomic mass is 16.5. The minimum absolute atomic E-state index is 0.0810. The number of amidine groups is 2. The molecule has 3 heterocycles. The number of hydrogen-bond donors (Lipinski definition) is 0. The molecular formula is C31H34N6O2. The number of aryl methyl sites for hydroxylation is 2. The number of fused-ring (bicyclic) bond motifs is 2. The number of aromatic nitrogens is 2. The fourth-order valence-electron chi connectivity index (χ4n) is 6.02. The van der Waals surface area contributed by atoms with E-state index >= 15 is 0 Å². The minimum atomic E-state index is -0.661. The van der Waals surface area contributed by atoms with E-state index in [1.54, 1.807) is 13.4 Å². The maximum atomic E-state index is 13.9. The lowest BCUT2D eigenvalue weighted by atomic mass is 9.74. The van der Waals surface area contributed by atoms with E-state index in [1.165, 1.54) is 11.1 Å². The zero-order valence-corrected chi connectivity index (χ0v) is 23.2. The second-order valence-corrected chi connectivity index (χ2v) is 10.8. The third-order valence-electron chi connectivity index (χ3n) is 8.38. The van der Waals surface area contributed by atoms with Crippen LogP contribution in [0.25, 0.3) is 5.69 Å². The third-order valence-corrected chi connectivity index (χ3v) is 8.38. The molecule has 1 amide bonds. The summed E-state index contributed by atoms with van der Waals surface area (Å²) < 4.78 is 7.65. The van der Waals surface area contributed by atoms with Crippen LogP contribution in [0.4, 0.5) is 5.69 Å². The zero-order valence-electron chi connectivity index (χ0n) is 23.2. The number of imidazole rings is 1. The van der Waals surface area contributed by atoms with Gasteiger partial charge in [-0.1, -0.05) is 37.3 Å². The topological polar surface area (TPSA) is 75.3 Å². The van der Waals surface area contributed by atoms with E-state index in [1.807, 2.05) is 54.9 Å². The molecule has 3 aliphatic rings. The Labute approximate surface area is 229 Å². The number of likely N-dealkylation sites (N-methyl/N-ethyl adjacent to an activating group) is 2. The summed E-state index contributed by atoms with van der Waals surface area (Å²) >= 11 is 0. The Bertz CT molecular complexity index is 1550. The lowest BCUT2D eigenvalue weighted by Crippen LogP contribution is -2.67. The highest BCUT2D eigenvalue weighted by molar-refractivity contribution is 6.14. The fourth-order valence-corrected chi connectivity index (χ4v) is 6.02. The number of piperazine rings is 1. The van der Waals surface area contributed by atoms with Gasteiger partial charge in [0, 0.05) is 38.7 Å². The van der Waals surface area contributed by atoms with Crippen LogP contribution in [-0.2, 0) is 17.6 Å². The predicted octanol–water partition coefficient (Wildman–Crippen LogP) is 4.87. The van der Waals surface area contributed by atoms with E-state index in [0.717, 1.165) is 53.7 Å². The van der Waals surface area contributed by atoms with Gasteiger partial charge in [-0.2, -0.15) is 0 Å². The van der Waals surface area contributed by atoms with Gasteiger partial charge in [0.05, 0.1) is 36.2 Å². The Morgan fingerprint density at radius 1 is 1.13 bits per heavy atom. The van der Waals surface area contributed by atoms with Crippen molar-refractivity contribution in [3.8, 4) is 11.4 Å². The van der Waals surface area contributed by atoms with Gasteiger partial charge in [-0.25, -0.2) is 15.0 Å². The molecule has 2 aliphatic heterocycles. The Morgan fingerprint density at radius 2 is 1.92 bits per heavy atom. The summed E-state index contributed by atoms with van der Waals surface area (Å²) in [4.78, 5) is 32.3. The number of nitrogens with zero attached hydrogens (tertiary/aromatic N) is 6. The van der Waals surface area contributed by atoms with E-state index in [2.05, 4.69) is 47.1 Å². The molecule has 2 unspecified atom stereocenters. The van der Waals surface area contributed by atoms with Gasteiger partial charge < -0.3 is 19.1 Å². The molecule has 1 spiro atoms. The van der Waals surface area contributed by atoms with E-state index in [-0.39, 0.29) is 11.8 Å². The molecule has 8 heteroatoms. The Balaban J connectivity index is 1.40. The molecule has 0 saturated carbocycles. The Hall–Kier alpha value is -4.20. The van der Waals surface area contributed by atoms with E-state index in [0.29, 0.717) is 12.2 Å². The van der Waals surface area contributed by atoms with Gasteiger partial charge in [-0.3, -0.25) is 4.79 Å². The number of methoxy groups -OCH3 is 1. The molecular weight excluding hydrogens is 488 g/mol. The average Bonchev–Trinajstić information content (AvgIpc) is 3.32. The van der Waals surface area contributed by atoms with Crippen molar-refractivity contribution in [1.82, 2.24) is 19.4 Å². The molecule has 1 saturated heterocycles. The SMILES string of the molecule is COc1cc(N=C2N=C3C(=CCC2C)N(C)C(=O)C2(CCc4ccccc4C2)N3C)ccc1-n1cnc(C)c1. The number of hydrogen-bond acceptors (Lipinski definition) is 5. The van der Waals surface area contributed by atoms with Gasteiger partial charge in [0.2, 0.25) is 0 Å². The van der Waals surface area contributed by atoms with Gasteiger partial charge >= 0.3 is 0 Å². The molecule has 1 aliphatic carbocycles. The summed E-state index contributed by atoms with van der Waals surface area (Å²) in [5, 5.41) is 0. The molecule has 0 N–H and O–H groups in total. The van der Waals surface area contributed by atoms with E-state index in [9.17, 15) is 4.79 Å². The van der Waals surface area contributed by atoms with Crippen LogP contribution in [0.5, 0.6) is 5.75 Å². The molecule has 3 aromatic rings. The number of allylic oxidation sites excluding steroid dienone is 1.